The summed E-state index contributed by atoms with van der Waals surface area (Å²) in [6, 6.07) is 8.66. The molecule has 22 heavy (non-hydrogen) atoms. The van der Waals surface area contributed by atoms with Gasteiger partial charge in [-0.1, -0.05) is 50.6 Å². The highest BCUT2D eigenvalue weighted by Crippen LogP contribution is 2.40. The molecule has 1 heterocycles. The van der Waals surface area contributed by atoms with Gasteiger partial charge in [-0.25, -0.2) is 0 Å². The molecule has 0 unspecified atom stereocenters. The molecule has 0 N–H and O–H groups in total. The molecule has 1 fully saturated rings. The highest BCUT2D eigenvalue weighted by molar-refractivity contribution is 6.68. The maximum atomic E-state index is 6.07. The van der Waals surface area contributed by atoms with Crippen LogP contribution in [-0.2, 0) is 15.7 Å². The first kappa shape index (κ1) is 17.3. The number of hydrogen-bond donors (Lipinski definition) is 0. The molecule has 1 aliphatic rings. The summed E-state index contributed by atoms with van der Waals surface area (Å²) < 4.78 is 12.1. The third-order valence-corrected chi connectivity index (χ3v) is 4.93. The average molecular weight is 300 g/mol. The van der Waals surface area contributed by atoms with Crippen LogP contribution < -0.4 is 0 Å². The first-order valence-electron chi connectivity index (χ1n) is 8.40. The predicted molar refractivity (Wildman–Crippen MR) is 94.8 cm³/mol. The van der Waals surface area contributed by atoms with Crippen LogP contribution in [0.4, 0.5) is 0 Å². The van der Waals surface area contributed by atoms with Crippen LogP contribution in [0.5, 0.6) is 0 Å². The number of hydrogen-bond acceptors (Lipinski definition) is 2. The molecule has 0 aliphatic carbocycles. The fraction of sp³-hybridized carbons (Fsp3) is 0.579. The van der Waals surface area contributed by atoms with E-state index < -0.39 is 0 Å². The molecule has 0 spiro atoms. The Bertz CT molecular complexity index is 501. The summed E-state index contributed by atoms with van der Waals surface area (Å²) in [7, 11) is -0.365. The first-order chi connectivity index (χ1) is 10.3. The summed E-state index contributed by atoms with van der Waals surface area (Å²) in [6.07, 6.45) is 4.96. The summed E-state index contributed by atoms with van der Waals surface area (Å²) in [5.74, 6) is 0. The molecule has 1 saturated heterocycles. The molecule has 0 radical (unpaired) electrons. The van der Waals surface area contributed by atoms with Gasteiger partial charge in [0.15, 0.2) is 0 Å². The van der Waals surface area contributed by atoms with E-state index >= 15 is 0 Å². The standard InChI is InChI=1S/C19H29BO2/c1-7-8-9-10-16-11-13-17(14-12-16)15(2)20-21-18(3,4)19(5,6)22-20/h11-14H,2,7-10H2,1,3-6H3. The lowest BCUT2D eigenvalue weighted by Gasteiger charge is -2.32. The van der Waals surface area contributed by atoms with Gasteiger partial charge in [-0.05, 0) is 57.1 Å². The highest BCUT2D eigenvalue weighted by atomic mass is 16.7. The van der Waals surface area contributed by atoms with E-state index in [1.807, 2.05) is 0 Å². The van der Waals surface area contributed by atoms with E-state index in [1.54, 1.807) is 0 Å². The average Bonchev–Trinajstić information content (AvgIpc) is 2.68. The van der Waals surface area contributed by atoms with E-state index in [9.17, 15) is 0 Å². The maximum absolute atomic E-state index is 6.07. The summed E-state index contributed by atoms with van der Waals surface area (Å²) >= 11 is 0. The SMILES string of the molecule is C=C(B1OC(C)(C)C(C)(C)O1)c1ccc(CCCCC)cc1. The molecule has 1 aromatic carbocycles. The molecule has 3 heteroatoms. The lowest BCUT2D eigenvalue weighted by molar-refractivity contribution is 0.00578. The van der Waals surface area contributed by atoms with Crippen LogP contribution in [0.25, 0.3) is 5.47 Å². The number of aryl methyl sites for hydroxylation is 1. The second kappa shape index (κ2) is 6.60. The maximum Gasteiger partial charge on any atom is 0.494 e. The molecule has 2 nitrogen and oxygen atoms in total. The monoisotopic (exact) mass is 300 g/mol. The van der Waals surface area contributed by atoms with E-state index in [2.05, 4.69) is 65.5 Å². The largest absolute Gasteiger partial charge is 0.494 e. The molecule has 2 rings (SSSR count). The number of unbranched alkanes of at least 4 members (excludes halogenated alkanes) is 2. The second-order valence-electron chi connectivity index (χ2n) is 7.27. The van der Waals surface area contributed by atoms with Crippen molar-refractivity contribution in [3.8, 4) is 0 Å². The first-order valence-corrected chi connectivity index (χ1v) is 8.40. The van der Waals surface area contributed by atoms with Gasteiger partial charge in [-0.3, -0.25) is 0 Å². The van der Waals surface area contributed by atoms with E-state index in [4.69, 9.17) is 9.31 Å². The van der Waals surface area contributed by atoms with Gasteiger partial charge < -0.3 is 9.31 Å². The van der Waals surface area contributed by atoms with Crippen molar-refractivity contribution in [1.29, 1.82) is 0 Å². The van der Waals surface area contributed by atoms with Gasteiger partial charge >= 0.3 is 7.12 Å². The van der Waals surface area contributed by atoms with Gasteiger partial charge in [0.2, 0.25) is 0 Å². The lowest BCUT2D eigenvalue weighted by Crippen LogP contribution is -2.41. The van der Waals surface area contributed by atoms with Crippen molar-refractivity contribution in [2.24, 2.45) is 0 Å². The molecule has 0 bridgehead atoms. The smallest absolute Gasteiger partial charge is 0.399 e. The quantitative estimate of drug-likeness (QED) is 0.540. The minimum Gasteiger partial charge on any atom is -0.399 e. The van der Waals surface area contributed by atoms with Crippen LogP contribution in [0.15, 0.2) is 30.8 Å². The zero-order valence-electron chi connectivity index (χ0n) is 14.7. The van der Waals surface area contributed by atoms with E-state index in [-0.39, 0.29) is 18.3 Å². The molecule has 0 aromatic heterocycles. The molecule has 1 aliphatic heterocycles. The Hall–Kier alpha value is -1.06. The van der Waals surface area contributed by atoms with Crippen molar-refractivity contribution in [1.82, 2.24) is 0 Å². The molecule has 120 valence electrons. The topological polar surface area (TPSA) is 18.5 Å². The third-order valence-electron chi connectivity index (χ3n) is 4.93. The van der Waals surface area contributed by atoms with E-state index in [0.717, 1.165) is 17.5 Å². The normalized spacial score (nSPS) is 19.4. The highest BCUT2D eigenvalue weighted by Gasteiger charge is 2.52. The lowest BCUT2D eigenvalue weighted by atomic mass is 9.75. The minimum absolute atomic E-state index is 0.319. The molecule has 0 amide bonds. The van der Waals surface area contributed by atoms with Crippen LogP contribution in [0.1, 0.15) is 65.0 Å². The number of rotatable bonds is 6. The minimum atomic E-state index is -0.365. The van der Waals surface area contributed by atoms with Crippen molar-refractivity contribution in [3.05, 3.63) is 42.0 Å². The van der Waals surface area contributed by atoms with Gasteiger partial charge in [-0.15, -0.1) is 0 Å². The van der Waals surface area contributed by atoms with Crippen molar-refractivity contribution in [2.75, 3.05) is 0 Å². The molecule has 0 saturated carbocycles. The van der Waals surface area contributed by atoms with Crippen LogP contribution in [0.3, 0.4) is 0 Å². The predicted octanol–water partition coefficient (Wildman–Crippen LogP) is 5.06. The third kappa shape index (κ3) is 3.64. The van der Waals surface area contributed by atoms with Gasteiger partial charge in [0.05, 0.1) is 11.2 Å². The van der Waals surface area contributed by atoms with Crippen molar-refractivity contribution in [2.45, 2.75) is 71.5 Å². The Labute approximate surface area is 136 Å². The van der Waals surface area contributed by atoms with Crippen molar-refractivity contribution >= 4 is 12.6 Å². The Morgan fingerprint density at radius 1 is 1.00 bits per heavy atom. The van der Waals surface area contributed by atoms with Crippen LogP contribution >= 0.6 is 0 Å². The fourth-order valence-electron chi connectivity index (χ4n) is 2.59. The van der Waals surface area contributed by atoms with Crippen LogP contribution in [-0.4, -0.2) is 18.3 Å². The van der Waals surface area contributed by atoms with Gasteiger partial charge in [-0.2, -0.15) is 0 Å². The van der Waals surface area contributed by atoms with Crippen LogP contribution in [0, 0.1) is 0 Å². The Morgan fingerprint density at radius 3 is 2.05 bits per heavy atom. The fourth-order valence-corrected chi connectivity index (χ4v) is 2.59. The molecule has 1 aromatic rings. The number of benzene rings is 1. The molecular weight excluding hydrogens is 271 g/mol. The van der Waals surface area contributed by atoms with Crippen molar-refractivity contribution < 1.29 is 9.31 Å². The van der Waals surface area contributed by atoms with Gasteiger partial charge in [0.25, 0.3) is 0 Å². The van der Waals surface area contributed by atoms with Gasteiger partial charge in [0, 0.05) is 0 Å². The Kier molecular flexibility index (Phi) is 5.19. The summed E-state index contributed by atoms with van der Waals surface area (Å²) in [4.78, 5) is 0. The second-order valence-corrected chi connectivity index (χ2v) is 7.27. The van der Waals surface area contributed by atoms with Gasteiger partial charge in [0.1, 0.15) is 0 Å². The summed E-state index contributed by atoms with van der Waals surface area (Å²) in [5, 5.41) is 0. The zero-order valence-corrected chi connectivity index (χ0v) is 14.7. The molecule has 0 atom stereocenters. The zero-order chi connectivity index (χ0) is 16.4. The van der Waals surface area contributed by atoms with Crippen LogP contribution in [0.2, 0.25) is 0 Å². The van der Waals surface area contributed by atoms with E-state index in [1.165, 1.54) is 24.8 Å². The van der Waals surface area contributed by atoms with Crippen molar-refractivity contribution in [3.63, 3.8) is 0 Å². The Balaban J connectivity index is 2.02. The summed E-state index contributed by atoms with van der Waals surface area (Å²) in [5.41, 5.74) is 2.75. The Morgan fingerprint density at radius 2 is 1.55 bits per heavy atom. The van der Waals surface area contributed by atoms with E-state index in [0.29, 0.717) is 0 Å². The molecular formula is C19H29BO2. The summed E-state index contributed by atoms with van der Waals surface area (Å²) in [6.45, 7) is 14.7.